The molecule has 0 radical (unpaired) electrons. The van der Waals surface area contributed by atoms with Crippen LogP contribution in [-0.4, -0.2) is 41.1 Å². The number of piperidine rings is 1. The molecule has 24 heavy (non-hydrogen) atoms. The molecule has 1 saturated carbocycles. The van der Waals surface area contributed by atoms with E-state index >= 15 is 0 Å². The number of aromatic nitrogens is 1. The van der Waals surface area contributed by atoms with Gasteiger partial charge in [-0.05, 0) is 38.0 Å². The van der Waals surface area contributed by atoms with Gasteiger partial charge in [0.05, 0.1) is 5.69 Å². The number of anilines is 1. The highest BCUT2D eigenvalue weighted by Gasteiger charge is 2.39. The fourth-order valence-corrected chi connectivity index (χ4v) is 4.14. The normalized spacial score (nSPS) is 26.8. The Balaban J connectivity index is 1.61. The van der Waals surface area contributed by atoms with E-state index in [2.05, 4.69) is 12.1 Å². The van der Waals surface area contributed by atoms with Crippen LogP contribution in [0.4, 0.5) is 5.88 Å². The van der Waals surface area contributed by atoms with Gasteiger partial charge in [0.2, 0.25) is 5.88 Å². The van der Waals surface area contributed by atoms with E-state index in [-0.39, 0.29) is 30.0 Å². The number of hydrogen-bond donors (Lipinski definition) is 1. The van der Waals surface area contributed by atoms with Crippen LogP contribution in [0, 0.1) is 18.8 Å². The maximum absolute atomic E-state index is 12.6. The highest BCUT2D eigenvalue weighted by atomic mass is 16.5. The molecule has 2 N–H and O–H groups in total. The first-order valence-corrected chi connectivity index (χ1v) is 8.67. The standard InChI is InChI=1S/C17H25N3O4/c1-10-7-8-20(13-6-4-3-5-12(10)13)14(21)9-23-17(22)15-11(2)19-24-16(15)18/h10,12-13H,3-9,18H2,1-2H3/t10-,12+,13-/m0/s1. The molecule has 0 bridgehead atoms. The van der Waals surface area contributed by atoms with Crippen molar-refractivity contribution in [3.8, 4) is 0 Å². The Morgan fingerprint density at radius 1 is 1.33 bits per heavy atom. The Kier molecular flexibility index (Phi) is 4.78. The Bertz CT molecular complexity index is 608. The molecular weight excluding hydrogens is 310 g/mol. The van der Waals surface area contributed by atoms with Crippen LogP contribution in [0.2, 0.25) is 0 Å². The number of rotatable bonds is 3. The Hall–Kier alpha value is -2.05. The minimum atomic E-state index is -0.662. The molecular formula is C17H25N3O4. The number of ether oxygens (including phenoxy) is 1. The third-order valence-electron chi connectivity index (χ3n) is 5.48. The SMILES string of the molecule is Cc1noc(N)c1C(=O)OCC(=O)N1CC[C@H](C)[C@H]2CCCC[C@@H]21. The molecule has 1 aliphatic heterocycles. The van der Waals surface area contributed by atoms with Gasteiger partial charge >= 0.3 is 5.97 Å². The lowest BCUT2D eigenvalue weighted by Crippen LogP contribution is -2.53. The van der Waals surface area contributed by atoms with Crippen molar-refractivity contribution in [2.45, 2.75) is 52.0 Å². The number of nitrogens with zero attached hydrogens (tertiary/aromatic N) is 2. The number of esters is 1. The summed E-state index contributed by atoms with van der Waals surface area (Å²) in [6.07, 6.45) is 5.65. The number of carbonyl (C=O) groups is 2. The van der Waals surface area contributed by atoms with E-state index in [9.17, 15) is 9.59 Å². The fourth-order valence-electron chi connectivity index (χ4n) is 4.14. The topological polar surface area (TPSA) is 98.7 Å². The van der Waals surface area contributed by atoms with Gasteiger partial charge in [0.15, 0.2) is 6.61 Å². The number of nitrogen functional groups attached to an aromatic ring is 1. The van der Waals surface area contributed by atoms with E-state index in [1.165, 1.54) is 12.8 Å². The number of amides is 1. The number of carbonyl (C=O) groups excluding carboxylic acids is 2. The molecule has 2 fully saturated rings. The summed E-state index contributed by atoms with van der Waals surface area (Å²) in [5.41, 5.74) is 6.04. The van der Waals surface area contributed by atoms with Gasteiger partial charge in [0.25, 0.3) is 5.91 Å². The van der Waals surface area contributed by atoms with Gasteiger partial charge in [-0.2, -0.15) is 0 Å². The second-order valence-corrected chi connectivity index (χ2v) is 6.95. The lowest BCUT2D eigenvalue weighted by atomic mass is 9.72. The Morgan fingerprint density at radius 2 is 2.08 bits per heavy atom. The number of hydrogen-bond acceptors (Lipinski definition) is 6. The van der Waals surface area contributed by atoms with Crippen molar-refractivity contribution < 1.29 is 18.8 Å². The van der Waals surface area contributed by atoms with Gasteiger partial charge in [-0.25, -0.2) is 4.79 Å². The van der Waals surface area contributed by atoms with Gasteiger partial charge in [0.1, 0.15) is 5.56 Å². The fraction of sp³-hybridized carbons (Fsp3) is 0.706. The average Bonchev–Trinajstić information content (AvgIpc) is 2.92. The molecule has 1 aliphatic carbocycles. The van der Waals surface area contributed by atoms with E-state index < -0.39 is 5.97 Å². The molecule has 7 heteroatoms. The summed E-state index contributed by atoms with van der Waals surface area (Å²) < 4.78 is 9.91. The average molecular weight is 335 g/mol. The molecule has 132 valence electrons. The van der Waals surface area contributed by atoms with Gasteiger partial charge in [0, 0.05) is 12.6 Å². The van der Waals surface area contributed by atoms with Crippen LogP contribution in [0.1, 0.15) is 55.1 Å². The maximum atomic E-state index is 12.6. The largest absolute Gasteiger partial charge is 0.452 e. The maximum Gasteiger partial charge on any atom is 0.346 e. The minimum Gasteiger partial charge on any atom is -0.452 e. The van der Waals surface area contributed by atoms with E-state index in [1.807, 2.05) is 4.90 Å². The zero-order valence-electron chi connectivity index (χ0n) is 14.3. The summed E-state index contributed by atoms with van der Waals surface area (Å²) in [6.45, 7) is 4.37. The van der Waals surface area contributed by atoms with E-state index in [0.29, 0.717) is 17.5 Å². The molecule has 1 saturated heterocycles. The monoisotopic (exact) mass is 335 g/mol. The summed E-state index contributed by atoms with van der Waals surface area (Å²) >= 11 is 0. The first-order chi connectivity index (χ1) is 11.5. The minimum absolute atomic E-state index is 0.0795. The van der Waals surface area contributed by atoms with Gasteiger partial charge in [-0.15, -0.1) is 0 Å². The summed E-state index contributed by atoms with van der Waals surface area (Å²) in [5, 5.41) is 3.62. The van der Waals surface area contributed by atoms with Gasteiger partial charge < -0.3 is 19.9 Å². The van der Waals surface area contributed by atoms with Crippen molar-refractivity contribution in [2.24, 2.45) is 11.8 Å². The van der Waals surface area contributed by atoms with Crippen LogP contribution in [0.3, 0.4) is 0 Å². The molecule has 7 nitrogen and oxygen atoms in total. The van der Waals surface area contributed by atoms with Crippen molar-refractivity contribution >= 4 is 17.8 Å². The summed E-state index contributed by atoms with van der Waals surface area (Å²) in [6, 6.07) is 0.288. The third kappa shape index (κ3) is 3.12. The molecule has 2 heterocycles. The van der Waals surface area contributed by atoms with Crippen molar-refractivity contribution in [1.82, 2.24) is 10.1 Å². The quantitative estimate of drug-likeness (QED) is 0.850. The van der Waals surface area contributed by atoms with Crippen molar-refractivity contribution in [1.29, 1.82) is 0 Å². The van der Waals surface area contributed by atoms with Gasteiger partial charge in [-0.1, -0.05) is 24.9 Å². The first-order valence-electron chi connectivity index (χ1n) is 8.67. The van der Waals surface area contributed by atoms with Crippen molar-refractivity contribution in [2.75, 3.05) is 18.9 Å². The van der Waals surface area contributed by atoms with Crippen molar-refractivity contribution in [3.05, 3.63) is 11.3 Å². The smallest absolute Gasteiger partial charge is 0.346 e. The first kappa shape index (κ1) is 16.8. The summed E-state index contributed by atoms with van der Waals surface area (Å²) in [5.74, 6) is 0.360. The van der Waals surface area contributed by atoms with Crippen LogP contribution < -0.4 is 5.73 Å². The molecule has 2 aliphatic rings. The predicted molar refractivity (Wildman–Crippen MR) is 87.2 cm³/mol. The highest BCUT2D eigenvalue weighted by molar-refractivity contribution is 5.96. The zero-order chi connectivity index (χ0) is 17.3. The lowest BCUT2D eigenvalue weighted by molar-refractivity contribution is -0.142. The van der Waals surface area contributed by atoms with Crippen LogP contribution in [0.15, 0.2) is 4.52 Å². The van der Waals surface area contributed by atoms with E-state index in [4.69, 9.17) is 15.0 Å². The zero-order valence-corrected chi connectivity index (χ0v) is 14.3. The highest BCUT2D eigenvalue weighted by Crippen LogP contribution is 2.38. The molecule has 1 amide bonds. The summed E-state index contributed by atoms with van der Waals surface area (Å²) in [4.78, 5) is 26.6. The van der Waals surface area contributed by atoms with Crippen LogP contribution >= 0.6 is 0 Å². The van der Waals surface area contributed by atoms with Crippen LogP contribution in [0.25, 0.3) is 0 Å². The number of likely N-dealkylation sites (tertiary alicyclic amines) is 1. The molecule has 0 unspecified atom stereocenters. The predicted octanol–water partition coefficient (Wildman–Crippen LogP) is 2.15. The molecule has 1 aromatic rings. The number of fused-ring (bicyclic) bond motifs is 1. The van der Waals surface area contributed by atoms with Gasteiger partial charge in [-0.3, -0.25) is 4.79 Å². The number of nitrogens with two attached hydrogens (primary N) is 1. The molecule has 3 atom stereocenters. The second-order valence-electron chi connectivity index (χ2n) is 6.95. The third-order valence-corrected chi connectivity index (χ3v) is 5.48. The summed E-state index contributed by atoms with van der Waals surface area (Å²) in [7, 11) is 0. The van der Waals surface area contributed by atoms with Crippen LogP contribution in [0.5, 0.6) is 0 Å². The molecule has 1 aromatic heterocycles. The van der Waals surface area contributed by atoms with E-state index in [1.54, 1.807) is 6.92 Å². The Morgan fingerprint density at radius 3 is 2.79 bits per heavy atom. The lowest BCUT2D eigenvalue weighted by Gasteiger charge is -2.47. The van der Waals surface area contributed by atoms with Crippen LogP contribution in [-0.2, 0) is 9.53 Å². The van der Waals surface area contributed by atoms with Crippen molar-refractivity contribution in [3.63, 3.8) is 0 Å². The molecule has 0 aromatic carbocycles. The second kappa shape index (κ2) is 6.83. The molecule has 3 rings (SSSR count). The molecule has 0 spiro atoms. The number of aryl methyl sites for hydroxylation is 1. The van der Waals surface area contributed by atoms with E-state index in [0.717, 1.165) is 25.8 Å². The Labute approximate surface area is 141 Å².